The molecule has 0 radical (unpaired) electrons. The lowest BCUT2D eigenvalue weighted by Gasteiger charge is -2.05. The van der Waals surface area contributed by atoms with Crippen LogP contribution in [0.3, 0.4) is 0 Å². The van der Waals surface area contributed by atoms with Gasteiger partial charge in [0.15, 0.2) is 0 Å². The summed E-state index contributed by atoms with van der Waals surface area (Å²) in [5, 5.41) is 0. The van der Waals surface area contributed by atoms with E-state index in [-0.39, 0.29) is 11.4 Å². The number of nitrogens with zero attached hydrogens (tertiary/aromatic N) is 1. The van der Waals surface area contributed by atoms with Crippen LogP contribution in [-0.4, -0.2) is 4.57 Å². The molecule has 0 fully saturated rings. The third-order valence-electron chi connectivity index (χ3n) is 2.24. The Morgan fingerprint density at radius 3 is 2.56 bits per heavy atom. The highest BCUT2D eigenvalue weighted by Gasteiger charge is 2.00. The van der Waals surface area contributed by atoms with Crippen LogP contribution in [0.2, 0.25) is 0 Å². The van der Waals surface area contributed by atoms with Crippen LogP contribution in [-0.2, 0) is 6.54 Å². The van der Waals surface area contributed by atoms with Crippen LogP contribution in [0.15, 0.2) is 47.4 Å². The molecule has 0 amide bonds. The Morgan fingerprint density at radius 2 is 1.88 bits per heavy atom. The second-order valence-electron chi connectivity index (χ2n) is 3.42. The summed E-state index contributed by atoms with van der Waals surface area (Å²) in [7, 11) is 0. The SMILES string of the molecule is O=c1c(I)cccn1Cc1ccc(F)cc1. The van der Waals surface area contributed by atoms with Gasteiger partial charge in [0, 0.05) is 6.20 Å². The standard InChI is InChI=1S/C12H9FINO/c13-10-5-3-9(4-6-10)8-15-7-1-2-11(14)12(15)16/h1-7H,8H2. The van der Waals surface area contributed by atoms with E-state index in [1.54, 1.807) is 29.0 Å². The highest BCUT2D eigenvalue weighted by molar-refractivity contribution is 14.1. The third-order valence-corrected chi connectivity index (χ3v) is 3.06. The molecule has 1 aromatic heterocycles. The van der Waals surface area contributed by atoms with Crippen molar-refractivity contribution < 1.29 is 4.39 Å². The molecule has 0 N–H and O–H groups in total. The lowest BCUT2D eigenvalue weighted by Crippen LogP contribution is -2.21. The predicted molar refractivity (Wildman–Crippen MR) is 68.9 cm³/mol. The number of halogens is 2. The summed E-state index contributed by atoms with van der Waals surface area (Å²) in [5.74, 6) is -0.265. The molecule has 0 bridgehead atoms. The van der Waals surface area contributed by atoms with Crippen molar-refractivity contribution in [1.29, 1.82) is 0 Å². The molecule has 0 spiro atoms. The van der Waals surface area contributed by atoms with Crippen LogP contribution < -0.4 is 5.56 Å². The zero-order chi connectivity index (χ0) is 11.5. The summed E-state index contributed by atoms with van der Waals surface area (Å²) < 4.78 is 15.0. The van der Waals surface area contributed by atoms with Crippen molar-refractivity contribution in [3.63, 3.8) is 0 Å². The van der Waals surface area contributed by atoms with Gasteiger partial charge in [-0.3, -0.25) is 4.79 Å². The fourth-order valence-electron chi connectivity index (χ4n) is 1.42. The molecule has 0 atom stereocenters. The molecule has 0 saturated heterocycles. The summed E-state index contributed by atoms with van der Waals surface area (Å²) in [5.41, 5.74) is 0.887. The lowest BCUT2D eigenvalue weighted by molar-refractivity contribution is 0.626. The van der Waals surface area contributed by atoms with Crippen molar-refractivity contribution in [3.05, 3.63) is 67.9 Å². The highest BCUT2D eigenvalue weighted by Crippen LogP contribution is 2.04. The average molecular weight is 329 g/mol. The van der Waals surface area contributed by atoms with Crippen LogP contribution in [0.4, 0.5) is 4.39 Å². The van der Waals surface area contributed by atoms with E-state index in [1.807, 2.05) is 28.7 Å². The van der Waals surface area contributed by atoms with Gasteiger partial charge in [0.2, 0.25) is 0 Å². The van der Waals surface area contributed by atoms with Crippen LogP contribution >= 0.6 is 22.6 Å². The van der Waals surface area contributed by atoms with Gasteiger partial charge in [0.1, 0.15) is 5.82 Å². The Hall–Kier alpha value is -1.17. The summed E-state index contributed by atoms with van der Waals surface area (Å²) in [6, 6.07) is 9.75. The van der Waals surface area contributed by atoms with Crippen molar-refractivity contribution in [3.8, 4) is 0 Å². The first-order valence-electron chi connectivity index (χ1n) is 4.76. The maximum atomic E-state index is 12.7. The van der Waals surface area contributed by atoms with E-state index < -0.39 is 0 Å². The van der Waals surface area contributed by atoms with Gasteiger partial charge in [-0.1, -0.05) is 12.1 Å². The first-order valence-corrected chi connectivity index (χ1v) is 5.84. The fraction of sp³-hybridized carbons (Fsp3) is 0.0833. The molecule has 1 aromatic carbocycles. The molecule has 2 rings (SSSR count). The van der Waals surface area contributed by atoms with Gasteiger partial charge < -0.3 is 4.57 Å². The van der Waals surface area contributed by atoms with Gasteiger partial charge in [-0.25, -0.2) is 4.39 Å². The summed E-state index contributed by atoms with van der Waals surface area (Å²) in [4.78, 5) is 11.7. The Balaban J connectivity index is 2.31. The summed E-state index contributed by atoms with van der Waals surface area (Å²) in [6.45, 7) is 0.468. The summed E-state index contributed by atoms with van der Waals surface area (Å²) in [6.07, 6.45) is 1.73. The molecule has 4 heteroatoms. The molecule has 1 heterocycles. The third kappa shape index (κ3) is 2.49. The first-order chi connectivity index (χ1) is 7.66. The second kappa shape index (κ2) is 4.78. The zero-order valence-electron chi connectivity index (χ0n) is 8.36. The normalized spacial score (nSPS) is 10.4. The zero-order valence-corrected chi connectivity index (χ0v) is 10.5. The molecule has 0 saturated carbocycles. The van der Waals surface area contributed by atoms with Gasteiger partial charge in [0.25, 0.3) is 5.56 Å². The van der Waals surface area contributed by atoms with E-state index in [2.05, 4.69) is 0 Å². The molecule has 16 heavy (non-hydrogen) atoms. The Morgan fingerprint density at radius 1 is 1.19 bits per heavy atom. The van der Waals surface area contributed by atoms with Gasteiger partial charge in [0.05, 0.1) is 10.1 Å². The van der Waals surface area contributed by atoms with Crippen molar-refractivity contribution in [1.82, 2.24) is 4.57 Å². The van der Waals surface area contributed by atoms with Gasteiger partial charge in [-0.15, -0.1) is 0 Å². The van der Waals surface area contributed by atoms with E-state index in [0.29, 0.717) is 10.1 Å². The van der Waals surface area contributed by atoms with Gasteiger partial charge >= 0.3 is 0 Å². The van der Waals surface area contributed by atoms with Crippen molar-refractivity contribution in [2.45, 2.75) is 6.54 Å². The number of rotatable bonds is 2. The molecular formula is C12H9FINO. The molecule has 2 nitrogen and oxygen atoms in total. The van der Waals surface area contributed by atoms with E-state index in [4.69, 9.17) is 0 Å². The monoisotopic (exact) mass is 329 g/mol. The van der Waals surface area contributed by atoms with Crippen molar-refractivity contribution in [2.24, 2.45) is 0 Å². The Bertz CT molecular complexity index is 548. The smallest absolute Gasteiger partial charge is 0.264 e. The molecule has 0 unspecified atom stereocenters. The van der Waals surface area contributed by atoms with Crippen molar-refractivity contribution in [2.75, 3.05) is 0 Å². The van der Waals surface area contributed by atoms with Gasteiger partial charge in [-0.2, -0.15) is 0 Å². The van der Waals surface area contributed by atoms with E-state index in [1.165, 1.54) is 12.1 Å². The Labute approximate surface area is 106 Å². The minimum Gasteiger partial charge on any atom is -0.310 e. The lowest BCUT2D eigenvalue weighted by atomic mass is 10.2. The van der Waals surface area contributed by atoms with Crippen LogP contribution in [0, 0.1) is 9.39 Å². The Kier molecular flexibility index (Phi) is 3.38. The van der Waals surface area contributed by atoms with Crippen LogP contribution in [0.5, 0.6) is 0 Å². The van der Waals surface area contributed by atoms with Crippen LogP contribution in [0.25, 0.3) is 0 Å². The number of hydrogen-bond donors (Lipinski definition) is 0. The molecular weight excluding hydrogens is 320 g/mol. The molecule has 0 aliphatic carbocycles. The number of benzene rings is 1. The molecule has 0 aliphatic rings. The molecule has 2 aromatic rings. The minimum atomic E-state index is -0.265. The van der Waals surface area contributed by atoms with Crippen LogP contribution in [0.1, 0.15) is 5.56 Å². The fourth-order valence-corrected chi connectivity index (χ4v) is 1.94. The number of pyridine rings is 1. The van der Waals surface area contributed by atoms with Crippen molar-refractivity contribution >= 4 is 22.6 Å². The maximum absolute atomic E-state index is 12.7. The minimum absolute atomic E-state index is 0.0209. The van der Waals surface area contributed by atoms with Gasteiger partial charge in [-0.05, 0) is 52.4 Å². The average Bonchev–Trinajstić information content (AvgIpc) is 2.28. The predicted octanol–water partition coefficient (Wildman–Crippen LogP) is 2.64. The van der Waals surface area contributed by atoms with E-state index in [0.717, 1.165) is 5.56 Å². The largest absolute Gasteiger partial charge is 0.310 e. The van der Waals surface area contributed by atoms with E-state index >= 15 is 0 Å². The first kappa shape index (κ1) is 11.3. The number of hydrogen-bond acceptors (Lipinski definition) is 1. The highest BCUT2D eigenvalue weighted by atomic mass is 127. The quantitative estimate of drug-likeness (QED) is 0.777. The topological polar surface area (TPSA) is 22.0 Å². The molecule has 82 valence electrons. The second-order valence-corrected chi connectivity index (χ2v) is 4.58. The molecule has 0 aliphatic heterocycles. The summed E-state index contributed by atoms with van der Waals surface area (Å²) >= 11 is 2.00. The maximum Gasteiger partial charge on any atom is 0.264 e. The van der Waals surface area contributed by atoms with E-state index in [9.17, 15) is 9.18 Å². The number of aromatic nitrogens is 1.